The highest BCUT2D eigenvalue weighted by atomic mass is 35.5. The molecule has 2 heterocycles. The van der Waals surface area contributed by atoms with Gasteiger partial charge in [-0.15, -0.1) is 11.8 Å². The lowest BCUT2D eigenvalue weighted by Gasteiger charge is -2.13. The van der Waals surface area contributed by atoms with Gasteiger partial charge in [-0.2, -0.15) is 5.10 Å². The van der Waals surface area contributed by atoms with Crippen molar-refractivity contribution >= 4 is 28.4 Å². The van der Waals surface area contributed by atoms with Crippen molar-refractivity contribution in [3.8, 4) is 0 Å². The van der Waals surface area contributed by atoms with Crippen molar-refractivity contribution in [1.82, 2.24) is 9.78 Å². The minimum Gasteiger partial charge on any atom is -0.389 e. The second kappa shape index (κ2) is 6.66. The second-order valence-electron chi connectivity index (χ2n) is 5.33. The number of hydrogen-bond donors (Lipinski definition) is 0. The minimum absolute atomic E-state index is 0.0507. The predicted octanol–water partition coefficient (Wildman–Crippen LogP) is 4.48. The van der Waals surface area contributed by atoms with Crippen LogP contribution in [0.3, 0.4) is 0 Å². The number of oxime groups is 1. The van der Waals surface area contributed by atoms with E-state index in [0.29, 0.717) is 16.1 Å². The van der Waals surface area contributed by atoms with Crippen LogP contribution in [-0.4, -0.2) is 26.9 Å². The highest BCUT2D eigenvalue weighted by molar-refractivity contribution is 8.13. The third-order valence-electron chi connectivity index (χ3n) is 2.92. The third kappa shape index (κ3) is 4.07. The van der Waals surface area contributed by atoms with Crippen LogP contribution in [0.5, 0.6) is 0 Å². The van der Waals surface area contributed by atoms with Gasteiger partial charge in [0.1, 0.15) is 22.9 Å². The van der Waals surface area contributed by atoms with Gasteiger partial charge in [-0.3, -0.25) is 4.68 Å². The first-order valence-electron chi connectivity index (χ1n) is 6.39. The molecule has 0 unspecified atom stereocenters. The summed E-state index contributed by atoms with van der Waals surface area (Å²) in [6.07, 6.45) is -5.18. The van der Waals surface area contributed by atoms with Gasteiger partial charge in [0.25, 0.3) is 12.9 Å². The van der Waals surface area contributed by atoms with Gasteiger partial charge in [0, 0.05) is 17.7 Å². The normalized spacial score (nSPS) is 17.2. The average molecular weight is 360 g/mol. The van der Waals surface area contributed by atoms with Crippen molar-refractivity contribution in [3.05, 3.63) is 16.4 Å². The van der Waals surface area contributed by atoms with Crippen molar-refractivity contribution < 1.29 is 22.4 Å². The molecule has 0 aliphatic carbocycles. The van der Waals surface area contributed by atoms with Crippen LogP contribution in [0.15, 0.2) is 5.16 Å². The fraction of sp³-hybridized carbons (Fsp3) is 0.667. The molecule has 2 rings (SSSR count). The molecular formula is C12H14ClF4N3OS. The summed E-state index contributed by atoms with van der Waals surface area (Å²) in [6, 6.07) is 0. The number of alkyl halides is 4. The standard InChI is InChI=1S/C12H14ClF4N3OS/c1-12(2)3-8(19-21-12)22-5-6-9(11(16)17)20(4-7(14)15)18-10(6)13/h7,11H,3-5H2,1-2H3. The molecule has 0 atom stereocenters. The van der Waals surface area contributed by atoms with Crippen molar-refractivity contribution in [3.63, 3.8) is 0 Å². The molecule has 0 radical (unpaired) electrons. The molecule has 1 aromatic rings. The summed E-state index contributed by atoms with van der Waals surface area (Å²) in [6.45, 7) is 2.78. The Balaban J connectivity index is 2.15. The SMILES string of the molecule is CC1(C)CC(SCc2c(Cl)nn(CC(F)F)c2C(F)F)=NO1. The number of rotatable bonds is 5. The van der Waals surface area contributed by atoms with Crippen LogP contribution in [0, 0.1) is 0 Å². The fourth-order valence-electron chi connectivity index (χ4n) is 1.97. The molecule has 0 saturated carbocycles. The van der Waals surface area contributed by atoms with E-state index in [1.54, 1.807) is 0 Å². The Labute approximate surface area is 133 Å². The summed E-state index contributed by atoms with van der Waals surface area (Å²) in [7, 11) is 0. The van der Waals surface area contributed by atoms with E-state index in [0.717, 1.165) is 0 Å². The molecule has 0 N–H and O–H groups in total. The zero-order valence-electron chi connectivity index (χ0n) is 11.8. The average Bonchev–Trinajstić information content (AvgIpc) is 2.86. The second-order valence-corrected chi connectivity index (χ2v) is 6.74. The molecular weight excluding hydrogens is 346 g/mol. The van der Waals surface area contributed by atoms with Gasteiger partial charge in [0.2, 0.25) is 0 Å². The number of hydrogen-bond acceptors (Lipinski definition) is 4. The van der Waals surface area contributed by atoms with Crippen LogP contribution in [0.25, 0.3) is 0 Å². The van der Waals surface area contributed by atoms with Crippen molar-refractivity contribution in [2.75, 3.05) is 0 Å². The van der Waals surface area contributed by atoms with E-state index in [4.69, 9.17) is 16.4 Å². The zero-order valence-corrected chi connectivity index (χ0v) is 13.4. The predicted molar refractivity (Wildman–Crippen MR) is 76.7 cm³/mol. The van der Waals surface area contributed by atoms with E-state index < -0.39 is 30.7 Å². The summed E-state index contributed by atoms with van der Waals surface area (Å²) < 4.78 is 51.7. The number of aromatic nitrogens is 2. The van der Waals surface area contributed by atoms with Crippen molar-refractivity contribution in [2.24, 2.45) is 5.16 Å². The van der Waals surface area contributed by atoms with Gasteiger partial charge < -0.3 is 4.84 Å². The molecule has 1 aromatic heterocycles. The first kappa shape index (κ1) is 17.4. The fourth-order valence-corrected chi connectivity index (χ4v) is 3.43. The molecule has 0 aromatic carbocycles. The van der Waals surface area contributed by atoms with Crippen LogP contribution in [0.1, 0.15) is 38.0 Å². The van der Waals surface area contributed by atoms with E-state index in [1.165, 1.54) is 11.8 Å². The summed E-state index contributed by atoms with van der Waals surface area (Å²) in [5.41, 5.74) is -0.955. The summed E-state index contributed by atoms with van der Waals surface area (Å²) in [5, 5.41) is 7.90. The quantitative estimate of drug-likeness (QED) is 0.727. The Morgan fingerprint density at radius 2 is 2.05 bits per heavy atom. The first-order chi connectivity index (χ1) is 10.2. The summed E-state index contributed by atoms with van der Waals surface area (Å²) >= 11 is 7.01. The molecule has 0 amide bonds. The first-order valence-corrected chi connectivity index (χ1v) is 7.75. The maximum atomic E-state index is 13.1. The molecule has 0 fully saturated rings. The Hall–Kier alpha value is -0.960. The van der Waals surface area contributed by atoms with Crippen LogP contribution in [0.4, 0.5) is 17.6 Å². The summed E-state index contributed by atoms with van der Waals surface area (Å²) in [5.74, 6) is 0.0695. The van der Waals surface area contributed by atoms with Gasteiger partial charge in [0.05, 0.1) is 0 Å². The Kier molecular flexibility index (Phi) is 5.26. The number of halogens is 5. The lowest BCUT2D eigenvalue weighted by molar-refractivity contribution is 0.0123. The monoisotopic (exact) mass is 359 g/mol. The van der Waals surface area contributed by atoms with E-state index in [-0.39, 0.29) is 16.5 Å². The van der Waals surface area contributed by atoms with E-state index in [1.807, 2.05) is 13.8 Å². The molecule has 1 aliphatic heterocycles. The highest BCUT2D eigenvalue weighted by Gasteiger charge is 2.31. The largest absolute Gasteiger partial charge is 0.389 e. The van der Waals surface area contributed by atoms with Crippen LogP contribution < -0.4 is 0 Å². The highest BCUT2D eigenvalue weighted by Crippen LogP contribution is 2.35. The minimum atomic E-state index is -2.94. The Bertz CT molecular complexity index is 577. The van der Waals surface area contributed by atoms with Crippen molar-refractivity contribution in [2.45, 2.75) is 51.0 Å². The Morgan fingerprint density at radius 1 is 1.36 bits per heavy atom. The van der Waals surface area contributed by atoms with E-state index in [9.17, 15) is 17.6 Å². The molecule has 0 saturated heterocycles. The number of thioether (sulfide) groups is 1. The lowest BCUT2D eigenvalue weighted by atomic mass is 10.1. The molecule has 10 heteroatoms. The van der Waals surface area contributed by atoms with E-state index >= 15 is 0 Å². The van der Waals surface area contributed by atoms with Crippen LogP contribution >= 0.6 is 23.4 Å². The van der Waals surface area contributed by atoms with Crippen LogP contribution in [0.2, 0.25) is 5.15 Å². The molecule has 1 aliphatic rings. The van der Waals surface area contributed by atoms with Gasteiger partial charge in [0.15, 0.2) is 5.15 Å². The van der Waals surface area contributed by atoms with Gasteiger partial charge in [-0.1, -0.05) is 16.8 Å². The lowest BCUT2D eigenvalue weighted by Crippen LogP contribution is -2.18. The van der Waals surface area contributed by atoms with Crippen LogP contribution in [-0.2, 0) is 17.1 Å². The van der Waals surface area contributed by atoms with Crippen molar-refractivity contribution in [1.29, 1.82) is 0 Å². The Morgan fingerprint density at radius 3 is 2.55 bits per heavy atom. The molecule has 0 spiro atoms. The van der Waals surface area contributed by atoms with Gasteiger partial charge in [-0.25, -0.2) is 17.6 Å². The number of nitrogens with zero attached hydrogens (tertiary/aromatic N) is 3. The topological polar surface area (TPSA) is 39.4 Å². The molecule has 0 bridgehead atoms. The third-order valence-corrected chi connectivity index (χ3v) is 4.21. The van der Waals surface area contributed by atoms with Gasteiger partial charge >= 0.3 is 0 Å². The van der Waals surface area contributed by atoms with Gasteiger partial charge in [-0.05, 0) is 13.8 Å². The zero-order chi connectivity index (χ0) is 16.5. The maximum absolute atomic E-state index is 13.1. The van der Waals surface area contributed by atoms with E-state index in [2.05, 4.69) is 10.3 Å². The molecule has 4 nitrogen and oxygen atoms in total. The molecule has 22 heavy (non-hydrogen) atoms. The maximum Gasteiger partial charge on any atom is 0.280 e. The smallest absolute Gasteiger partial charge is 0.280 e. The molecule has 124 valence electrons. The summed E-state index contributed by atoms with van der Waals surface area (Å²) in [4.78, 5) is 5.17.